The Balaban J connectivity index is 0.00000169. The van der Waals surface area contributed by atoms with E-state index in [0.717, 1.165) is 24.9 Å². The molecule has 2 aliphatic rings. The lowest BCUT2D eigenvalue weighted by atomic mass is 9.80. The minimum absolute atomic E-state index is 0. The van der Waals surface area contributed by atoms with Crippen molar-refractivity contribution in [3.8, 4) is 0 Å². The van der Waals surface area contributed by atoms with E-state index in [-0.39, 0.29) is 22.9 Å². The van der Waals surface area contributed by atoms with Crippen molar-refractivity contribution in [1.82, 2.24) is 4.90 Å². The zero-order chi connectivity index (χ0) is 16.0. The Kier molecular flexibility index (Phi) is 4.76. The van der Waals surface area contributed by atoms with Gasteiger partial charge in [-0.2, -0.15) is 13.2 Å². The van der Waals surface area contributed by atoms with Crippen LogP contribution in [-0.2, 0) is 6.18 Å². The van der Waals surface area contributed by atoms with E-state index in [9.17, 15) is 13.2 Å². The summed E-state index contributed by atoms with van der Waals surface area (Å²) in [5, 5.41) is 0. The Morgan fingerprint density at radius 1 is 0.875 bits per heavy atom. The fourth-order valence-corrected chi connectivity index (χ4v) is 4.19. The summed E-state index contributed by atoms with van der Waals surface area (Å²) in [6.45, 7) is 1.65. The first-order chi connectivity index (χ1) is 11.1. The maximum atomic E-state index is 13.4. The van der Waals surface area contributed by atoms with E-state index in [4.69, 9.17) is 0 Å². The van der Waals surface area contributed by atoms with Gasteiger partial charge in [0.05, 0.1) is 5.56 Å². The number of halogens is 4. The minimum atomic E-state index is -4.31. The second kappa shape index (κ2) is 6.52. The second-order valence-electron chi connectivity index (χ2n) is 6.42. The molecule has 2 atom stereocenters. The highest BCUT2D eigenvalue weighted by Crippen LogP contribution is 2.46. The molecule has 1 nitrogen and oxygen atoms in total. The van der Waals surface area contributed by atoms with Crippen LogP contribution in [0.25, 0.3) is 0 Å². The van der Waals surface area contributed by atoms with E-state index in [1.54, 1.807) is 12.1 Å². The average Bonchev–Trinajstić information content (AvgIpc) is 3.02. The maximum absolute atomic E-state index is 13.4. The molecule has 0 amide bonds. The average molecular weight is 398 g/mol. The fraction of sp³-hybridized carbons (Fsp3) is 0.368. The highest BCUT2D eigenvalue weighted by Gasteiger charge is 2.40. The largest absolute Gasteiger partial charge is 0.416 e. The molecule has 0 bridgehead atoms. The summed E-state index contributed by atoms with van der Waals surface area (Å²) in [6, 6.07) is 14.4. The van der Waals surface area contributed by atoms with Gasteiger partial charge in [-0.05, 0) is 42.1 Å². The van der Waals surface area contributed by atoms with Crippen LogP contribution in [0.3, 0.4) is 0 Å². The molecule has 0 aliphatic carbocycles. The first-order valence-corrected chi connectivity index (χ1v) is 8.04. The summed E-state index contributed by atoms with van der Waals surface area (Å²) < 4.78 is 40.3. The number of benzene rings is 2. The predicted molar refractivity (Wildman–Crippen MR) is 93.6 cm³/mol. The van der Waals surface area contributed by atoms with Gasteiger partial charge in [-0.25, -0.2) is 0 Å². The van der Waals surface area contributed by atoms with Gasteiger partial charge in [0.2, 0.25) is 0 Å². The summed E-state index contributed by atoms with van der Waals surface area (Å²) in [5.74, 6) is -0.210. The highest BCUT2D eigenvalue weighted by molar-refractivity contribution is 8.93. The number of hydrogen-bond acceptors (Lipinski definition) is 1. The summed E-state index contributed by atoms with van der Waals surface area (Å²) in [6.07, 6.45) is -2.09. The maximum Gasteiger partial charge on any atom is 0.416 e. The number of alkyl halides is 3. The van der Waals surface area contributed by atoms with Crippen molar-refractivity contribution in [1.29, 1.82) is 0 Å². The van der Waals surface area contributed by atoms with Crippen LogP contribution < -0.4 is 0 Å². The molecule has 24 heavy (non-hydrogen) atoms. The van der Waals surface area contributed by atoms with E-state index in [1.165, 1.54) is 17.7 Å². The monoisotopic (exact) mass is 397 g/mol. The molecule has 0 saturated carbocycles. The summed E-state index contributed by atoms with van der Waals surface area (Å²) in [7, 11) is 0. The van der Waals surface area contributed by atoms with Crippen molar-refractivity contribution in [2.75, 3.05) is 13.1 Å². The highest BCUT2D eigenvalue weighted by atomic mass is 79.9. The van der Waals surface area contributed by atoms with Crippen molar-refractivity contribution >= 4 is 17.0 Å². The Hall–Kier alpha value is -1.33. The molecule has 4 rings (SSSR count). The lowest BCUT2D eigenvalue weighted by Crippen LogP contribution is -2.35. The van der Waals surface area contributed by atoms with Gasteiger partial charge in [0, 0.05) is 18.5 Å². The Morgan fingerprint density at radius 2 is 1.50 bits per heavy atom. The van der Waals surface area contributed by atoms with Crippen LogP contribution in [-0.4, -0.2) is 18.0 Å². The quantitative estimate of drug-likeness (QED) is 0.608. The molecule has 5 heteroatoms. The molecule has 128 valence electrons. The van der Waals surface area contributed by atoms with Gasteiger partial charge in [-0.15, -0.1) is 17.0 Å². The van der Waals surface area contributed by atoms with E-state index < -0.39 is 11.7 Å². The van der Waals surface area contributed by atoms with Crippen molar-refractivity contribution < 1.29 is 13.2 Å². The zero-order valence-electron chi connectivity index (χ0n) is 13.1. The van der Waals surface area contributed by atoms with Gasteiger partial charge < -0.3 is 0 Å². The van der Waals surface area contributed by atoms with Crippen molar-refractivity contribution in [2.45, 2.75) is 31.0 Å². The number of rotatable bonds is 1. The fourth-order valence-electron chi connectivity index (χ4n) is 4.19. The molecule has 1 fully saturated rings. The van der Waals surface area contributed by atoms with Gasteiger partial charge in [0.15, 0.2) is 0 Å². The molecule has 2 aromatic rings. The van der Waals surface area contributed by atoms with E-state index in [1.807, 2.05) is 18.2 Å². The Bertz CT molecular complexity index is 729. The third-order valence-corrected chi connectivity index (χ3v) is 5.15. The van der Waals surface area contributed by atoms with Gasteiger partial charge in [0.1, 0.15) is 0 Å². The minimum Gasteiger partial charge on any atom is -0.295 e. The van der Waals surface area contributed by atoms with Crippen molar-refractivity contribution in [3.05, 3.63) is 70.8 Å². The third-order valence-electron chi connectivity index (χ3n) is 5.15. The molecule has 0 unspecified atom stereocenters. The standard InChI is InChI=1S/C19H18F3N.BrH/c20-19(21,22)17-9-4-3-7-14(17)16-12-23-11-5-10-18(23)15-8-2-1-6-13(15)16;/h1-4,6-9,16,18H,5,10-12H2;1H/t16-,18-;/m1./s1. The third kappa shape index (κ3) is 2.88. The first-order valence-electron chi connectivity index (χ1n) is 8.04. The number of nitrogens with zero attached hydrogens (tertiary/aromatic N) is 1. The molecule has 0 aromatic heterocycles. The van der Waals surface area contributed by atoms with Crippen LogP contribution in [0, 0.1) is 0 Å². The molecular weight excluding hydrogens is 379 g/mol. The number of fused-ring (bicyclic) bond motifs is 3. The van der Waals surface area contributed by atoms with Crippen LogP contribution in [0.2, 0.25) is 0 Å². The van der Waals surface area contributed by atoms with Crippen LogP contribution in [0.4, 0.5) is 13.2 Å². The smallest absolute Gasteiger partial charge is 0.295 e. The molecule has 2 aromatic carbocycles. The first kappa shape index (κ1) is 17.5. The van der Waals surface area contributed by atoms with Crippen molar-refractivity contribution in [2.24, 2.45) is 0 Å². The predicted octanol–water partition coefficient (Wildman–Crippen LogP) is 5.57. The molecule has 2 aliphatic heterocycles. The topological polar surface area (TPSA) is 3.24 Å². The molecule has 0 radical (unpaired) electrons. The van der Waals surface area contributed by atoms with E-state index in [0.29, 0.717) is 18.2 Å². The molecule has 2 heterocycles. The summed E-state index contributed by atoms with van der Waals surface area (Å²) in [5.41, 5.74) is 2.17. The van der Waals surface area contributed by atoms with Gasteiger partial charge in [-0.1, -0.05) is 42.5 Å². The van der Waals surface area contributed by atoms with Gasteiger partial charge >= 0.3 is 6.18 Å². The van der Waals surface area contributed by atoms with Crippen LogP contribution in [0.1, 0.15) is 47.1 Å². The van der Waals surface area contributed by atoms with E-state index in [2.05, 4.69) is 11.0 Å². The zero-order valence-corrected chi connectivity index (χ0v) is 14.8. The van der Waals surface area contributed by atoms with Gasteiger partial charge in [-0.3, -0.25) is 4.90 Å². The van der Waals surface area contributed by atoms with Crippen LogP contribution in [0.15, 0.2) is 48.5 Å². The van der Waals surface area contributed by atoms with Crippen LogP contribution in [0.5, 0.6) is 0 Å². The molecule has 1 saturated heterocycles. The number of hydrogen-bond donors (Lipinski definition) is 0. The molecule has 0 N–H and O–H groups in total. The normalized spacial score (nSPS) is 23.3. The van der Waals surface area contributed by atoms with Crippen molar-refractivity contribution in [3.63, 3.8) is 0 Å². The lowest BCUT2D eigenvalue weighted by molar-refractivity contribution is -0.138. The molecule has 0 spiro atoms. The van der Waals surface area contributed by atoms with Crippen LogP contribution >= 0.6 is 17.0 Å². The Labute approximate surface area is 150 Å². The van der Waals surface area contributed by atoms with Gasteiger partial charge in [0.25, 0.3) is 0 Å². The Morgan fingerprint density at radius 3 is 2.21 bits per heavy atom. The second-order valence-corrected chi connectivity index (χ2v) is 6.42. The SMILES string of the molecule is Br.FC(F)(F)c1ccccc1[C@@H]1CN2CCC[C@@H]2c2ccccc21. The van der Waals surface area contributed by atoms with E-state index >= 15 is 0 Å². The summed E-state index contributed by atoms with van der Waals surface area (Å²) >= 11 is 0. The summed E-state index contributed by atoms with van der Waals surface area (Å²) in [4.78, 5) is 2.35. The molecular formula is C19H19BrF3N. The lowest BCUT2D eigenvalue weighted by Gasteiger charge is -2.38.